The molecule has 5 rings (SSSR count). The van der Waals surface area contributed by atoms with Crippen LogP contribution in [0.1, 0.15) is 68.9 Å². The Morgan fingerprint density at radius 1 is 0.900 bits per heavy atom. The second-order valence-corrected chi connectivity index (χ2v) is 9.52. The normalized spacial score (nSPS) is 28.8. The first-order valence-corrected chi connectivity index (χ1v) is 12.0. The number of hydrogen-bond acceptors (Lipinski definition) is 4. The van der Waals surface area contributed by atoms with E-state index in [0.717, 1.165) is 75.7 Å². The largest absolute Gasteiger partial charge is 0.375 e. The average molecular weight is 413 g/mol. The number of aromatic nitrogens is 2. The molecule has 1 saturated carbocycles. The minimum absolute atomic E-state index is 0.120. The lowest BCUT2D eigenvalue weighted by molar-refractivity contribution is -0.0441. The fraction of sp³-hybridized carbons (Fsp3) is 0.708. The minimum atomic E-state index is 0.120. The topological polar surface area (TPSA) is 60.2 Å². The van der Waals surface area contributed by atoms with Crippen LogP contribution < -0.4 is 16.3 Å². The molecule has 1 unspecified atom stereocenters. The van der Waals surface area contributed by atoms with E-state index in [1.165, 1.54) is 18.4 Å². The Bertz CT molecular complexity index is 913. The van der Waals surface area contributed by atoms with E-state index in [4.69, 9.17) is 4.74 Å². The second-order valence-electron chi connectivity index (χ2n) is 9.52. The van der Waals surface area contributed by atoms with Gasteiger partial charge in [-0.05, 0) is 94.6 Å². The van der Waals surface area contributed by atoms with Gasteiger partial charge in [0.25, 0.3) is 0 Å². The highest BCUT2D eigenvalue weighted by Crippen LogP contribution is 2.36. The monoisotopic (exact) mass is 412 g/mol. The molecule has 2 aromatic rings. The molecule has 3 heterocycles. The second kappa shape index (κ2) is 8.85. The standard InChI is InChI=1S/C24H36N4O2/c1-27-23-15-18(6-9-22(23)28(24(27)29)19-3-2-12-26-16-19)17-4-7-20(8-5-17)30-21-10-13-25-14-11-21/h6,9,15,17,19-21,25-26H,2-5,7-8,10-14,16H2,1H3. The SMILES string of the molecule is Cn1c(=O)n(C2CCCNC2)c2ccc(C3CCC(OC4CCNCC4)CC3)cc21. The number of ether oxygens (including phenoxy) is 1. The number of rotatable bonds is 4. The molecule has 1 aromatic heterocycles. The van der Waals surface area contributed by atoms with Gasteiger partial charge in [0.05, 0.1) is 29.3 Å². The molecule has 2 N–H and O–H groups in total. The van der Waals surface area contributed by atoms with E-state index in [0.29, 0.717) is 18.1 Å². The van der Waals surface area contributed by atoms with Gasteiger partial charge in [-0.1, -0.05) is 6.07 Å². The first kappa shape index (κ1) is 20.3. The molecule has 0 radical (unpaired) electrons. The number of fused-ring (bicyclic) bond motifs is 1. The Labute approximate surface area is 179 Å². The zero-order valence-electron chi connectivity index (χ0n) is 18.2. The Morgan fingerprint density at radius 3 is 2.40 bits per heavy atom. The number of nitrogens with one attached hydrogen (secondary N) is 2. The Kier molecular flexibility index (Phi) is 5.98. The zero-order chi connectivity index (χ0) is 20.5. The van der Waals surface area contributed by atoms with E-state index in [1.807, 2.05) is 16.2 Å². The maximum Gasteiger partial charge on any atom is 0.329 e. The summed E-state index contributed by atoms with van der Waals surface area (Å²) in [6.07, 6.45) is 10.1. The highest BCUT2D eigenvalue weighted by Gasteiger charge is 2.27. The lowest BCUT2D eigenvalue weighted by Crippen LogP contribution is -2.36. The Morgan fingerprint density at radius 2 is 1.67 bits per heavy atom. The first-order valence-electron chi connectivity index (χ1n) is 12.0. The van der Waals surface area contributed by atoms with Gasteiger partial charge in [-0.25, -0.2) is 4.79 Å². The predicted octanol–water partition coefficient (Wildman–Crippen LogP) is 3.06. The van der Waals surface area contributed by atoms with Crippen molar-refractivity contribution in [3.05, 3.63) is 34.2 Å². The summed E-state index contributed by atoms with van der Waals surface area (Å²) in [6.45, 7) is 4.14. The van der Waals surface area contributed by atoms with E-state index >= 15 is 0 Å². The van der Waals surface area contributed by atoms with Crippen LogP contribution in [0.5, 0.6) is 0 Å². The Hall–Kier alpha value is -1.63. The van der Waals surface area contributed by atoms with Gasteiger partial charge < -0.3 is 15.4 Å². The van der Waals surface area contributed by atoms with E-state index in [1.54, 1.807) is 0 Å². The summed E-state index contributed by atoms with van der Waals surface area (Å²) >= 11 is 0. The van der Waals surface area contributed by atoms with Crippen LogP contribution in [0.4, 0.5) is 0 Å². The van der Waals surface area contributed by atoms with Gasteiger partial charge >= 0.3 is 5.69 Å². The zero-order valence-corrected chi connectivity index (χ0v) is 18.2. The number of aryl methyl sites for hydroxylation is 1. The molecule has 30 heavy (non-hydrogen) atoms. The van der Waals surface area contributed by atoms with E-state index in [2.05, 4.69) is 28.8 Å². The maximum atomic E-state index is 13.0. The van der Waals surface area contributed by atoms with E-state index < -0.39 is 0 Å². The predicted molar refractivity (Wildman–Crippen MR) is 120 cm³/mol. The van der Waals surface area contributed by atoms with Crippen molar-refractivity contribution >= 4 is 11.0 Å². The summed E-state index contributed by atoms with van der Waals surface area (Å²) in [5.41, 5.74) is 3.67. The van der Waals surface area contributed by atoms with Crippen molar-refractivity contribution in [2.24, 2.45) is 7.05 Å². The lowest BCUT2D eigenvalue weighted by Gasteiger charge is -2.33. The van der Waals surface area contributed by atoms with Gasteiger partial charge in [0.2, 0.25) is 0 Å². The van der Waals surface area contributed by atoms with Crippen molar-refractivity contribution in [3.8, 4) is 0 Å². The molecule has 164 valence electrons. The van der Waals surface area contributed by atoms with Crippen LogP contribution in [-0.2, 0) is 11.8 Å². The minimum Gasteiger partial charge on any atom is -0.375 e. The summed E-state index contributed by atoms with van der Waals surface area (Å²) in [7, 11) is 1.92. The Balaban J connectivity index is 1.30. The molecule has 1 aliphatic carbocycles. The quantitative estimate of drug-likeness (QED) is 0.810. The van der Waals surface area contributed by atoms with E-state index in [9.17, 15) is 4.79 Å². The van der Waals surface area contributed by atoms with Crippen molar-refractivity contribution in [2.75, 3.05) is 26.2 Å². The molecule has 0 amide bonds. The van der Waals surface area contributed by atoms with Gasteiger partial charge in [0.15, 0.2) is 0 Å². The third kappa shape index (κ3) is 3.97. The van der Waals surface area contributed by atoms with E-state index in [-0.39, 0.29) is 11.7 Å². The highest BCUT2D eigenvalue weighted by molar-refractivity contribution is 5.77. The molecule has 3 aliphatic rings. The number of imidazole rings is 1. The third-order valence-corrected chi connectivity index (χ3v) is 7.57. The van der Waals surface area contributed by atoms with Crippen LogP contribution in [0.2, 0.25) is 0 Å². The summed E-state index contributed by atoms with van der Waals surface area (Å²) < 4.78 is 10.3. The number of nitrogens with zero attached hydrogens (tertiary/aromatic N) is 2. The van der Waals surface area contributed by atoms with Crippen LogP contribution in [0.15, 0.2) is 23.0 Å². The molecule has 2 aliphatic heterocycles. The summed E-state index contributed by atoms with van der Waals surface area (Å²) in [5.74, 6) is 0.581. The van der Waals surface area contributed by atoms with Crippen molar-refractivity contribution in [3.63, 3.8) is 0 Å². The third-order valence-electron chi connectivity index (χ3n) is 7.57. The number of benzene rings is 1. The maximum absolute atomic E-state index is 13.0. The molecular formula is C24H36N4O2. The van der Waals surface area contributed by atoms with Gasteiger partial charge in [-0.2, -0.15) is 0 Å². The van der Waals surface area contributed by atoms with Gasteiger partial charge in [-0.15, -0.1) is 0 Å². The molecule has 3 fully saturated rings. The number of piperidine rings is 2. The fourth-order valence-electron chi connectivity index (χ4n) is 5.78. The van der Waals surface area contributed by atoms with Crippen LogP contribution in [0, 0.1) is 0 Å². The van der Waals surface area contributed by atoms with Crippen molar-refractivity contribution in [1.82, 2.24) is 19.8 Å². The van der Waals surface area contributed by atoms with Crippen molar-refractivity contribution < 1.29 is 4.74 Å². The highest BCUT2D eigenvalue weighted by atomic mass is 16.5. The molecule has 0 spiro atoms. The van der Waals surface area contributed by atoms with Crippen LogP contribution in [-0.4, -0.2) is 47.5 Å². The molecule has 6 heteroatoms. The number of hydrogen-bond donors (Lipinski definition) is 2. The van der Waals surface area contributed by atoms with Crippen LogP contribution in [0.3, 0.4) is 0 Å². The van der Waals surface area contributed by atoms with Gasteiger partial charge in [-0.3, -0.25) is 9.13 Å². The fourth-order valence-corrected chi connectivity index (χ4v) is 5.78. The van der Waals surface area contributed by atoms with Crippen LogP contribution in [0.25, 0.3) is 11.0 Å². The average Bonchev–Trinajstić information content (AvgIpc) is 3.05. The smallest absolute Gasteiger partial charge is 0.329 e. The van der Waals surface area contributed by atoms with Gasteiger partial charge in [0, 0.05) is 13.6 Å². The molecule has 6 nitrogen and oxygen atoms in total. The van der Waals surface area contributed by atoms with Crippen molar-refractivity contribution in [1.29, 1.82) is 0 Å². The summed E-state index contributed by atoms with van der Waals surface area (Å²) in [4.78, 5) is 13.0. The van der Waals surface area contributed by atoms with Crippen LogP contribution >= 0.6 is 0 Å². The summed E-state index contributed by atoms with van der Waals surface area (Å²) in [5, 5.41) is 6.86. The summed E-state index contributed by atoms with van der Waals surface area (Å²) in [6, 6.07) is 7.01. The molecule has 0 bridgehead atoms. The molecule has 1 aromatic carbocycles. The van der Waals surface area contributed by atoms with Gasteiger partial charge in [0.1, 0.15) is 0 Å². The molecular weight excluding hydrogens is 376 g/mol. The molecule has 2 saturated heterocycles. The lowest BCUT2D eigenvalue weighted by atomic mass is 9.82. The molecule has 1 atom stereocenters. The first-order chi connectivity index (χ1) is 14.7. The van der Waals surface area contributed by atoms with Crippen molar-refractivity contribution in [2.45, 2.75) is 75.5 Å².